The minimum Gasteiger partial charge on any atom is -0.508 e. The van der Waals surface area contributed by atoms with E-state index in [1.54, 1.807) is 18.2 Å². The first-order chi connectivity index (χ1) is 16.7. The Kier molecular flexibility index (Phi) is 4.51. The minimum atomic E-state index is -2.13. The molecule has 0 amide bonds. The van der Waals surface area contributed by atoms with Crippen molar-refractivity contribution >= 4 is 11.6 Å². The second-order valence-electron chi connectivity index (χ2n) is 9.35. The smallest absolute Gasteiger partial charge is 0.234 e. The highest BCUT2D eigenvalue weighted by molar-refractivity contribution is 6.06. The standard InChI is InChI=1S/C25H22O10/c1-33-16-4-9(2-3-14(16)27)18-11-7-12(20-13(18)8-34-25(20,32)24(11)31)23-22(30)21(29)19-15(28)5-10(26)6-17(19)35-23/h2-7,11,13,18,20,22-23,26-28,30,32H,8H2,1H3/t11-,13+,18?,20+,22?,23?,25-/m1/s1. The van der Waals surface area contributed by atoms with E-state index in [0.717, 1.165) is 12.1 Å². The van der Waals surface area contributed by atoms with Gasteiger partial charge in [0.15, 0.2) is 29.5 Å². The van der Waals surface area contributed by atoms with E-state index in [0.29, 0.717) is 11.1 Å². The zero-order chi connectivity index (χ0) is 24.8. The molecule has 5 aliphatic rings. The van der Waals surface area contributed by atoms with Crippen molar-refractivity contribution in [2.75, 3.05) is 13.7 Å². The third-order valence-corrected chi connectivity index (χ3v) is 7.62. The van der Waals surface area contributed by atoms with Crippen molar-refractivity contribution in [2.45, 2.75) is 23.9 Å². The summed E-state index contributed by atoms with van der Waals surface area (Å²) in [5.74, 6) is -6.84. The summed E-state index contributed by atoms with van der Waals surface area (Å²) in [6.07, 6.45) is -1.37. The largest absolute Gasteiger partial charge is 0.508 e. The van der Waals surface area contributed by atoms with E-state index in [1.165, 1.54) is 13.2 Å². The SMILES string of the molecule is COc1cc(C2[C@H]3C=C(C4Oc5cc(O)cc(O)c5C(=O)C4O)[C@H]4[C@H]2CO[C@@]4(O)C3=O)ccc1O. The van der Waals surface area contributed by atoms with Gasteiger partial charge in [0.25, 0.3) is 0 Å². The van der Waals surface area contributed by atoms with Gasteiger partial charge in [-0.25, -0.2) is 0 Å². The molecule has 2 aliphatic heterocycles. The van der Waals surface area contributed by atoms with Crippen LogP contribution in [0, 0.1) is 17.8 Å². The molecule has 2 heterocycles. The van der Waals surface area contributed by atoms with Gasteiger partial charge in [0.2, 0.25) is 11.6 Å². The molecule has 1 saturated heterocycles. The summed E-state index contributed by atoms with van der Waals surface area (Å²) in [5, 5.41) is 52.0. The normalized spacial score (nSPS) is 34.9. The highest BCUT2D eigenvalue weighted by Crippen LogP contribution is 2.61. The number of phenolic OH excluding ortho intramolecular Hbond substituents is 3. The predicted octanol–water partition coefficient (Wildman–Crippen LogP) is 0.990. The molecule has 3 unspecified atom stereocenters. The van der Waals surface area contributed by atoms with Crippen LogP contribution < -0.4 is 9.47 Å². The first-order valence-corrected chi connectivity index (χ1v) is 11.1. The van der Waals surface area contributed by atoms with Crippen LogP contribution in [0.4, 0.5) is 0 Å². The van der Waals surface area contributed by atoms with Gasteiger partial charge in [-0.05, 0) is 23.3 Å². The number of carbonyl (C=O) groups excluding carboxylic acids is 2. The Morgan fingerprint density at radius 1 is 1.09 bits per heavy atom. The summed E-state index contributed by atoms with van der Waals surface area (Å²) in [6.45, 7) is 0.0452. The molecule has 35 heavy (non-hydrogen) atoms. The number of phenols is 3. The number of aliphatic hydroxyl groups excluding tert-OH is 1. The lowest BCUT2D eigenvalue weighted by atomic mass is 9.55. The van der Waals surface area contributed by atoms with Crippen molar-refractivity contribution in [3.05, 3.63) is 53.1 Å². The van der Waals surface area contributed by atoms with Gasteiger partial charge < -0.3 is 39.7 Å². The molecule has 7 atom stereocenters. The number of benzene rings is 2. The summed E-state index contributed by atoms with van der Waals surface area (Å²) in [6, 6.07) is 6.91. The summed E-state index contributed by atoms with van der Waals surface area (Å²) >= 11 is 0. The summed E-state index contributed by atoms with van der Waals surface area (Å²) in [4.78, 5) is 26.2. The highest BCUT2D eigenvalue weighted by atomic mass is 16.6. The molecule has 10 heteroatoms. The van der Waals surface area contributed by atoms with Gasteiger partial charge in [-0.3, -0.25) is 9.59 Å². The van der Waals surface area contributed by atoms with Gasteiger partial charge >= 0.3 is 0 Å². The molecule has 4 bridgehead atoms. The fourth-order valence-corrected chi connectivity index (χ4v) is 6.16. The van der Waals surface area contributed by atoms with E-state index < -0.39 is 59.0 Å². The van der Waals surface area contributed by atoms with Crippen LogP contribution in [-0.4, -0.2) is 68.8 Å². The number of aromatic hydroxyl groups is 3. The van der Waals surface area contributed by atoms with Crippen LogP contribution in [0.5, 0.6) is 28.7 Å². The van der Waals surface area contributed by atoms with E-state index in [2.05, 4.69) is 0 Å². The number of ketones is 2. The topological polar surface area (TPSA) is 163 Å². The van der Waals surface area contributed by atoms with Gasteiger partial charge in [0, 0.05) is 29.9 Å². The number of methoxy groups -OCH3 is 1. The number of fused-ring (bicyclic) bond motifs is 1. The van der Waals surface area contributed by atoms with E-state index in [1.807, 2.05) is 0 Å². The molecule has 0 aromatic heterocycles. The molecule has 2 fully saturated rings. The Hall–Kier alpha value is -3.60. The van der Waals surface area contributed by atoms with Gasteiger partial charge in [-0.15, -0.1) is 0 Å². The van der Waals surface area contributed by atoms with Crippen LogP contribution in [0.25, 0.3) is 0 Å². The lowest BCUT2D eigenvalue weighted by molar-refractivity contribution is -0.206. The number of rotatable bonds is 3. The van der Waals surface area contributed by atoms with Crippen molar-refractivity contribution in [3.63, 3.8) is 0 Å². The average Bonchev–Trinajstić information content (AvgIpc) is 3.14. The Morgan fingerprint density at radius 3 is 2.60 bits per heavy atom. The summed E-state index contributed by atoms with van der Waals surface area (Å²) in [5.41, 5.74) is 0.796. The molecule has 7 rings (SSSR count). The van der Waals surface area contributed by atoms with E-state index >= 15 is 0 Å². The third kappa shape index (κ3) is 2.81. The highest BCUT2D eigenvalue weighted by Gasteiger charge is 2.69. The number of allylic oxidation sites excluding steroid dienone is 1. The maximum Gasteiger partial charge on any atom is 0.234 e. The molecule has 1 saturated carbocycles. The van der Waals surface area contributed by atoms with Crippen LogP contribution in [0.1, 0.15) is 21.8 Å². The number of hydrogen-bond acceptors (Lipinski definition) is 10. The molecular weight excluding hydrogens is 460 g/mol. The summed E-state index contributed by atoms with van der Waals surface area (Å²) < 4.78 is 16.7. The fourth-order valence-electron chi connectivity index (χ4n) is 6.16. The van der Waals surface area contributed by atoms with Crippen LogP contribution in [0.15, 0.2) is 42.0 Å². The lowest BCUT2D eigenvalue weighted by Gasteiger charge is -2.50. The fraction of sp³-hybridized carbons (Fsp3) is 0.360. The first-order valence-electron chi connectivity index (χ1n) is 11.1. The Balaban J connectivity index is 1.46. The number of Topliss-reactive ketones (excluding diaryl/α,β-unsaturated/α-hetero) is 2. The Labute approximate surface area is 198 Å². The van der Waals surface area contributed by atoms with E-state index in [-0.39, 0.29) is 35.2 Å². The van der Waals surface area contributed by atoms with Crippen LogP contribution in [0.2, 0.25) is 0 Å². The number of hydrogen-bond donors (Lipinski definition) is 5. The maximum absolute atomic E-state index is 13.3. The van der Waals surface area contributed by atoms with Crippen molar-refractivity contribution in [1.82, 2.24) is 0 Å². The molecule has 0 radical (unpaired) electrons. The van der Waals surface area contributed by atoms with Gasteiger partial charge in [0.1, 0.15) is 22.8 Å². The van der Waals surface area contributed by atoms with E-state index in [4.69, 9.17) is 14.2 Å². The van der Waals surface area contributed by atoms with Crippen molar-refractivity contribution in [3.8, 4) is 28.7 Å². The molecule has 5 N–H and O–H groups in total. The van der Waals surface area contributed by atoms with Crippen LogP contribution in [0.3, 0.4) is 0 Å². The molecule has 10 nitrogen and oxygen atoms in total. The monoisotopic (exact) mass is 482 g/mol. The Bertz CT molecular complexity index is 1320. The molecule has 2 aromatic carbocycles. The zero-order valence-electron chi connectivity index (χ0n) is 18.4. The summed E-state index contributed by atoms with van der Waals surface area (Å²) in [7, 11) is 1.42. The predicted molar refractivity (Wildman–Crippen MR) is 116 cm³/mol. The number of ether oxygens (including phenoxy) is 3. The lowest BCUT2D eigenvalue weighted by Crippen LogP contribution is -2.60. The van der Waals surface area contributed by atoms with E-state index in [9.17, 15) is 35.1 Å². The van der Waals surface area contributed by atoms with Gasteiger partial charge in [-0.1, -0.05) is 12.1 Å². The number of carbonyl (C=O) groups is 2. The number of aliphatic hydroxyl groups is 2. The molecule has 182 valence electrons. The third-order valence-electron chi connectivity index (χ3n) is 7.62. The molecular formula is C25H22O10. The van der Waals surface area contributed by atoms with Crippen molar-refractivity contribution < 1.29 is 49.3 Å². The van der Waals surface area contributed by atoms with Crippen molar-refractivity contribution in [1.29, 1.82) is 0 Å². The first kappa shape index (κ1) is 21.9. The van der Waals surface area contributed by atoms with Gasteiger partial charge in [0.05, 0.1) is 19.6 Å². The molecule has 0 spiro atoms. The maximum atomic E-state index is 13.3. The minimum absolute atomic E-state index is 0.0452. The zero-order valence-corrected chi connectivity index (χ0v) is 18.4. The second kappa shape index (κ2) is 7.20. The molecule has 3 aliphatic carbocycles. The van der Waals surface area contributed by atoms with Crippen molar-refractivity contribution in [2.24, 2.45) is 17.8 Å². The quantitative estimate of drug-likeness (QED) is 0.399. The van der Waals surface area contributed by atoms with Crippen LogP contribution in [-0.2, 0) is 9.53 Å². The average molecular weight is 482 g/mol. The van der Waals surface area contributed by atoms with Gasteiger partial charge in [-0.2, -0.15) is 0 Å². The van der Waals surface area contributed by atoms with Crippen LogP contribution >= 0.6 is 0 Å². The molecule has 2 aromatic rings. The second-order valence-corrected chi connectivity index (χ2v) is 9.35. The Morgan fingerprint density at radius 2 is 1.86 bits per heavy atom.